The number of nitrogens with two attached hydrogens (primary N) is 1. The molecule has 4 N–H and O–H groups in total. The number of anilines is 2. The van der Waals surface area contributed by atoms with Gasteiger partial charge in [0.1, 0.15) is 10.6 Å². The maximum absolute atomic E-state index is 11.5. The fraction of sp³-hybridized carbons (Fsp3) is 0.500. The van der Waals surface area contributed by atoms with Crippen LogP contribution in [0.1, 0.15) is 10.4 Å². The van der Waals surface area contributed by atoms with E-state index >= 15 is 0 Å². The Kier molecular flexibility index (Phi) is 4.32. The molecule has 0 saturated heterocycles. The molecule has 0 aromatic carbocycles. The number of methoxy groups -OCH3 is 1. The lowest BCUT2D eigenvalue weighted by Gasteiger charge is -2.05. The van der Waals surface area contributed by atoms with Crippen molar-refractivity contribution in [3.8, 4) is 0 Å². The molecule has 1 amide bonds. The Bertz CT molecular complexity index is 339. The summed E-state index contributed by atoms with van der Waals surface area (Å²) >= 11 is 1.17. The quantitative estimate of drug-likeness (QED) is 0.626. The molecule has 0 saturated carbocycles. The molecule has 0 radical (unpaired) electrons. The number of nitrogens with one attached hydrogen (secondary N) is 2. The van der Waals surface area contributed by atoms with Crippen LogP contribution in [0.2, 0.25) is 0 Å². The first-order valence-corrected chi connectivity index (χ1v) is 5.18. The SMILES string of the molecule is CNC(=O)c1c(N)nsc1NCCOC. The molecule has 6 nitrogen and oxygen atoms in total. The van der Waals surface area contributed by atoms with Gasteiger partial charge in [0.05, 0.1) is 6.61 Å². The highest BCUT2D eigenvalue weighted by molar-refractivity contribution is 7.11. The molecule has 1 aromatic heterocycles. The fourth-order valence-corrected chi connectivity index (χ4v) is 1.77. The van der Waals surface area contributed by atoms with E-state index in [1.165, 1.54) is 11.5 Å². The van der Waals surface area contributed by atoms with Crippen molar-refractivity contribution < 1.29 is 9.53 Å². The summed E-state index contributed by atoms with van der Waals surface area (Å²) in [5.41, 5.74) is 5.99. The van der Waals surface area contributed by atoms with E-state index in [0.717, 1.165) is 0 Å². The van der Waals surface area contributed by atoms with Gasteiger partial charge in [-0.1, -0.05) is 0 Å². The number of rotatable bonds is 5. The molecule has 1 rings (SSSR count). The highest BCUT2D eigenvalue weighted by atomic mass is 32.1. The van der Waals surface area contributed by atoms with Crippen LogP contribution in [0.5, 0.6) is 0 Å². The van der Waals surface area contributed by atoms with Crippen molar-refractivity contribution in [1.82, 2.24) is 9.69 Å². The molecule has 15 heavy (non-hydrogen) atoms. The monoisotopic (exact) mass is 230 g/mol. The van der Waals surface area contributed by atoms with Gasteiger partial charge in [-0.25, -0.2) is 0 Å². The summed E-state index contributed by atoms with van der Waals surface area (Å²) in [7, 11) is 3.17. The second kappa shape index (κ2) is 5.52. The number of nitrogens with zero attached hydrogens (tertiary/aromatic N) is 1. The molecule has 7 heteroatoms. The number of amides is 1. The second-order valence-electron chi connectivity index (χ2n) is 2.77. The maximum Gasteiger partial charge on any atom is 0.257 e. The molecule has 0 bridgehead atoms. The van der Waals surface area contributed by atoms with Crippen molar-refractivity contribution in [2.45, 2.75) is 0 Å². The van der Waals surface area contributed by atoms with E-state index < -0.39 is 0 Å². The minimum absolute atomic E-state index is 0.235. The van der Waals surface area contributed by atoms with E-state index in [1.54, 1.807) is 14.2 Å². The molecule has 0 aliphatic heterocycles. The van der Waals surface area contributed by atoms with Gasteiger partial charge in [0.25, 0.3) is 5.91 Å². The first-order chi connectivity index (χ1) is 7.20. The van der Waals surface area contributed by atoms with Crippen LogP contribution < -0.4 is 16.4 Å². The van der Waals surface area contributed by atoms with Gasteiger partial charge in [0.15, 0.2) is 5.82 Å². The van der Waals surface area contributed by atoms with Crippen molar-refractivity contribution in [2.75, 3.05) is 38.4 Å². The van der Waals surface area contributed by atoms with Crippen molar-refractivity contribution in [3.63, 3.8) is 0 Å². The third-order valence-corrected chi connectivity index (χ3v) is 2.58. The number of hydrogen-bond acceptors (Lipinski definition) is 6. The molecular weight excluding hydrogens is 216 g/mol. The zero-order chi connectivity index (χ0) is 11.3. The Morgan fingerprint density at radius 1 is 1.67 bits per heavy atom. The third-order valence-electron chi connectivity index (χ3n) is 1.76. The lowest BCUT2D eigenvalue weighted by atomic mass is 10.3. The van der Waals surface area contributed by atoms with Crippen LogP contribution in [0.4, 0.5) is 10.8 Å². The van der Waals surface area contributed by atoms with Crippen molar-refractivity contribution in [2.24, 2.45) is 0 Å². The number of nitrogen functional groups attached to an aromatic ring is 1. The predicted molar refractivity (Wildman–Crippen MR) is 60.3 cm³/mol. The molecule has 0 spiro atoms. The molecule has 1 aromatic rings. The zero-order valence-electron chi connectivity index (χ0n) is 8.66. The Hall–Kier alpha value is -1.34. The predicted octanol–water partition coefficient (Wildman–Crippen LogP) is 0.143. The lowest BCUT2D eigenvalue weighted by molar-refractivity contribution is 0.0965. The highest BCUT2D eigenvalue weighted by Crippen LogP contribution is 2.26. The number of aromatic nitrogens is 1. The summed E-state index contributed by atoms with van der Waals surface area (Å²) in [6, 6.07) is 0. The normalized spacial score (nSPS) is 10.0. The smallest absolute Gasteiger partial charge is 0.257 e. The molecular formula is C8H14N4O2S. The fourth-order valence-electron chi connectivity index (χ4n) is 1.03. The van der Waals surface area contributed by atoms with Gasteiger partial charge in [-0.2, -0.15) is 4.37 Å². The van der Waals surface area contributed by atoms with E-state index in [9.17, 15) is 4.79 Å². The molecule has 0 aliphatic carbocycles. The molecule has 0 unspecified atom stereocenters. The Morgan fingerprint density at radius 3 is 3.00 bits per heavy atom. The van der Waals surface area contributed by atoms with Crippen LogP contribution in [0, 0.1) is 0 Å². The van der Waals surface area contributed by atoms with Gasteiger partial charge < -0.3 is 21.1 Å². The average molecular weight is 230 g/mol. The van der Waals surface area contributed by atoms with Gasteiger partial charge in [0, 0.05) is 20.7 Å². The number of hydrogen-bond donors (Lipinski definition) is 3. The second-order valence-corrected chi connectivity index (χ2v) is 3.54. The number of carbonyl (C=O) groups excluding carboxylic acids is 1. The first-order valence-electron chi connectivity index (χ1n) is 4.40. The van der Waals surface area contributed by atoms with E-state index in [0.29, 0.717) is 23.7 Å². The van der Waals surface area contributed by atoms with E-state index in [-0.39, 0.29) is 11.7 Å². The van der Waals surface area contributed by atoms with Crippen molar-refractivity contribution in [3.05, 3.63) is 5.56 Å². The topological polar surface area (TPSA) is 89.3 Å². The van der Waals surface area contributed by atoms with Crippen LogP contribution in [-0.4, -0.2) is 37.6 Å². The molecule has 0 atom stereocenters. The van der Waals surface area contributed by atoms with E-state index in [2.05, 4.69) is 15.0 Å². The molecule has 1 heterocycles. The van der Waals surface area contributed by atoms with Crippen LogP contribution >= 0.6 is 11.5 Å². The maximum atomic E-state index is 11.5. The highest BCUT2D eigenvalue weighted by Gasteiger charge is 2.17. The van der Waals surface area contributed by atoms with Crippen LogP contribution in [-0.2, 0) is 4.74 Å². The molecule has 0 aliphatic rings. The summed E-state index contributed by atoms with van der Waals surface area (Å²) in [5, 5.41) is 6.23. The van der Waals surface area contributed by atoms with Gasteiger partial charge in [-0.05, 0) is 11.5 Å². The average Bonchev–Trinajstić information content (AvgIpc) is 2.59. The summed E-state index contributed by atoms with van der Waals surface area (Å²) in [6.07, 6.45) is 0. The van der Waals surface area contributed by atoms with Gasteiger partial charge in [-0.15, -0.1) is 0 Å². The Labute approximate surface area is 92.0 Å². The van der Waals surface area contributed by atoms with Crippen LogP contribution in [0.25, 0.3) is 0 Å². The van der Waals surface area contributed by atoms with Crippen LogP contribution in [0.15, 0.2) is 0 Å². The minimum atomic E-state index is -0.235. The standard InChI is InChI=1S/C8H14N4O2S/c1-10-7(13)5-6(9)12-15-8(5)11-3-4-14-2/h11H,3-4H2,1-2H3,(H2,9,12)(H,10,13). The third kappa shape index (κ3) is 2.80. The van der Waals surface area contributed by atoms with Gasteiger partial charge in [0.2, 0.25) is 0 Å². The summed E-state index contributed by atoms with van der Waals surface area (Å²) in [5.74, 6) is 0.0143. The Morgan fingerprint density at radius 2 is 2.40 bits per heavy atom. The summed E-state index contributed by atoms with van der Waals surface area (Å²) < 4.78 is 8.81. The Balaban J connectivity index is 2.75. The lowest BCUT2D eigenvalue weighted by Crippen LogP contribution is -2.20. The van der Waals surface area contributed by atoms with Gasteiger partial charge >= 0.3 is 0 Å². The largest absolute Gasteiger partial charge is 0.383 e. The summed E-state index contributed by atoms with van der Waals surface area (Å²) in [6.45, 7) is 1.17. The zero-order valence-corrected chi connectivity index (χ0v) is 9.48. The molecule has 0 fully saturated rings. The number of ether oxygens (including phenoxy) is 1. The minimum Gasteiger partial charge on any atom is -0.383 e. The molecule has 84 valence electrons. The van der Waals surface area contributed by atoms with Crippen molar-refractivity contribution in [1.29, 1.82) is 0 Å². The van der Waals surface area contributed by atoms with Gasteiger partial charge in [-0.3, -0.25) is 4.79 Å². The van der Waals surface area contributed by atoms with Crippen molar-refractivity contribution >= 4 is 28.3 Å². The van der Waals surface area contributed by atoms with Crippen LogP contribution in [0.3, 0.4) is 0 Å². The van der Waals surface area contributed by atoms with E-state index in [1.807, 2.05) is 0 Å². The number of carbonyl (C=O) groups is 1. The first kappa shape index (κ1) is 11.7. The van der Waals surface area contributed by atoms with E-state index in [4.69, 9.17) is 10.5 Å². The summed E-state index contributed by atoms with van der Waals surface area (Å²) in [4.78, 5) is 11.5.